The summed E-state index contributed by atoms with van der Waals surface area (Å²) >= 11 is 0. The number of hydrogen-bond acceptors (Lipinski definition) is 5. The van der Waals surface area contributed by atoms with Gasteiger partial charge in [-0.25, -0.2) is 18.1 Å². The topological polar surface area (TPSA) is 70.5 Å². The van der Waals surface area contributed by atoms with Gasteiger partial charge in [0.1, 0.15) is 0 Å². The third-order valence-electron chi connectivity index (χ3n) is 4.91. The number of nitrogens with zero attached hydrogens (tertiary/aromatic N) is 4. The molecule has 0 amide bonds. The third-order valence-corrected chi connectivity index (χ3v) is 6.31. The minimum absolute atomic E-state index is 0.132. The molecule has 24 heavy (non-hydrogen) atoms. The first-order chi connectivity index (χ1) is 11.3. The second kappa shape index (κ2) is 8.42. The van der Waals surface area contributed by atoms with E-state index in [2.05, 4.69) is 38.2 Å². The zero-order chi connectivity index (χ0) is 17.7. The first kappa shape index (κ1) is 19.4. The van der Waals surface area contributed by atoms with Gasteiger partial charge in [-0.3, -0.25) is 4.90 Å². The number of imidazole rings is 1. The number of aromatic nitrogens is 2. The Kier molecular flexibility index (Phi) is 6.79. The van der Waals surface area contributed by atoms with E-state index in [9.17, 15) is 8.42 Å². The lowest BCUT2D eigenvalue weighted by Crippen LogP contribution is -2.43. The largest absolute Gasteiger partial charge is 0.336 e. The molecule has 0 radical (unpaired) electrons. The van der Waals surface area contributed by atoms with Crippen molar-refractivity contribution in [2.24, 2.45) is 13.0 Å². The predicted octanol–water partition coefficient (Wildman–Crippen LogP) is 0.674. The van der Waals surface area contributed by atoms with Crippen LogP contribution in [0.3, 0.4) is 0 Å². The Hall–Kier alpha value is -0.960. The van der Waals surface area contributed by atoms with Crippen molar-refractivity contribution >= 4 is 10.0 Å². The van der Waals surface area contributed by atoms with Gasteiger partial charge < -0.3 is 9.47 Å². The van der Waals surface area contributed by atoms with E-state index >= 15 is 0 Å². The molecule has 0 aliphatic carbocycles. The summed E-state index contributed by atoms with van der Waals surface area (Å²) in [7, 11) is 3.19. The van der Waals surface area contributed by atoms with Crippen molar-refractivity contribution in [2.45, 2.75) is 25.8 Å². The normalized spacial score (nSPS) is 23.0. The van der Waals surface area contributed by atoms with Crippen molar-refractivity contribution in [3.63, 3.8) is 0 Å². The van der Waals surface area contributed by atoms with Crippen molar-refractivity contribution in [3.8, 4) is 0 Å². The molecule has 2 atom stereocenters. The molecule has 1 aromatic heterocycles. The van der Waals surface area contributed by atoms with E-state index in [0.29, 0.717) is 18.5 Å². The Morgan fingerprint density at radius 2 is 2.17 bits per heavy atom. The van der Waals surface area contributed by atoms with E-state index < -0.39 is 10.0 Å². The summed E-state index contributed by atoms with van der Waals surface area (Å²) < 4.78 is 27.8. The Bertz CT molecular complexity index is 616. The average molecular weight is 358 g/mol. The van der Waals surface area contributed by atoms with E-state index in [1.54, 1.807) is 6.92 Å². The Balaban J connectivity index is 1.94. The van der Waals surface area contributed by atoms with Crippen LogP contribution in [0.15, 0.2) is 12.5 Å². The van der Waals surface area contributed by atoms with E-state index in [1.807, 2.05) is 19.6 Å². The minimum Gasteiger partial charge on any atom is -0.336 e. The van der Waals surface area contributed by atoms with Gasteiger partial charge in [-0.2, -0.15) is 0 Å². The van der Waals surface area contributed by atoms with Gasteiger partial charge in [0.25, 0.3) is 0 Å². The number of hydrogen-bond donors (Lipinski definition) is 1. The number of aryl methyl sites for hydroxylation is 1. The second-order valence-corrected chi connectivity index (χ2v) is 8.91. The molecular formula is C16H31N5O2S. The molecule has 1 aromatic rings. The monoisotopic (exact) mass is 357 g/mol. The predicted molar refractivity (Wildman–Crippen MR) is 96.3 cm³/mol. The van der Waals surface area contributed by atoms with Crippen LogP contribution in [0.2, 0.25) is 0 Å². The second-order valence-electron chi connectivity index (χ2n) is 6.82. The van der Waals surface area contributed by atoms with Crippen molar-refractivity contribution in [1.29, 1.82) is 0 Å². The van der Waals surface area contributed by atoms with Crippen molar-refractivity contribution in [1.82, 2.24) is 24.1 Å². The van der Waals surface area contributed by atoms with Crippen LogP contribution < -0.4 is 4.72 Å². The zero-order valence-corrected chi connectivity index (χ0v) is 16.1. The van der Waals surface area contributed by atoms with Gasteiger partial charge in [0.2, 0.25) is 10.0 Å². The highest BCUT2D eigenvalue weighted by Gasteiger charge is 2.32. The molecule has 2 rings (SSSR count). The molecule has 138 valence electrons. The smallest absolute Gasteiger partial charge is 0.211 e. The Morgan fingerprint density at radius 1 is 1.42 bits per heavy atom. The van der Waals surface area contributed by atoms with Crippen LogP contribution in [-0.2, 0) is 17.1 Å². The summed E-state index contributed by atoms with van der Waals surface area (Å²) in [5, 5.41) is 0. The van der Waals surface area contributed by atoms with Crippen LogP contribution in [0.4, 0.5) is 0 Å². The number of piperidine rings is 1. The molecule has 0 aromatic carbocycles. The lowest BCUT2D eigenvalue weighted by atomic mass is 9.87. The van der Waals surface area contributed by atoms with Gasteiger partial charge >= 0.3 is 0 Å². The molecule has 0 bridgehead atoms. The highest BCUT2D eigenvalue weighted by Crippen LogP contribution is 2.34. The highest BCUT2D eigenvalue weighted by molar-refractivity contribution is 7.89. The minimum atomic E-state index is -3.11. The summed E-state index contributed by atoms with van der Waals surface area (Å²) in [6, 6.07) is 0.362. The van der Waals surface area contributed by atoms with Gasteiger partial charge in [-0.05, 0) is 46.3 Å². The molecule has 7 nitrogen and oxygen atoms in total. The van der Waals surface area contributed by atoms with Crippen LogP contribution in [0.25, 0.3) is 0 Å². The molecule has 1 N–H and O–H groups in total. The number of nitrogens with one attached hydrogen (secondary N) is 1. The van der Waals surface area contributed by atoms with Gasteiger partial charge in [0.15, 0.2) is 0 Å². The quantitative estimate of drug-likeness (QED) is 0.741. The lowest BCUT2D eigenvalue weighted by Gasteiger charge is -2.40. The maximum atomic E-state index is 11.5. The number of likely N-dealkylation sites (N-methyl/N-ethyl adjacent to an activating group) is 1. The molecule has 1 aliphatic rings. The van der Waals surface area contributed by atoms with Gasteiger partial charge in [0, 0.05) is 32.9 Å². The SMILES string of the molecule is CCS(=O)(=O)NCCN(C)C[C@@H]1CCCN(C)[C@H]1c1cncn1C. The molecule has 8 heteroatoms. The maximum absolute atomic E-state index is 11.5. The van der Waals surface area contributed by atoms with Crippen molar-refractivity contribution in [3.05, 3.63) is 18.2 Å². The standard InChI is InChI=1S/C16H31N5O2S/c1-5-24(22,23)18-8-10-19(2)12-14-7-6-9-20(3)16(14)15-11-17-13-21(15)4/h11,13-14,16,18H,5-10,12H2,1-4H3/t14-,16+/m0/s1. The fourth-order valence-electron chi connectivity index (χ4n) is 3.56. The van der Waals surface area contributed by atoms with Gasteiger partial charge in [0.05, 0.1) is 23.8 Å². The summed E-state index contributed by atoms with van der Waals surface area (Å²) in [4.78, 5) is 8.92. The zero-order valence-electron chi connectivity index (χ0n) is 15.3. The first-order valence-electron chi connectivity index (χ1n) is 8.66. The average Bonchev–Trinajstić information content (AvgIpc) is 2.93. The van der Waals surface area contributed by atoms with E-state index in [-0.39, 0.29) is 5.75 Å². The molecule has 1 saturated heterocycles. The molecule has 0 spiro atoms. The number of sulfonamides is 1. The summed E-state index contributed by atoms with van der Waals surface area (Å²) in [5.41, 5.74) is 1.25. The summed E-state index contributed by atoms with van der Waals surface area (Å²) in [5.74, 6) is 0.652. The Morgan fingerprint density at radius 3 is 2.79 bits per heavy atom. The molecular weight excluding hydrogens is 326 g/mol. The molecule has 1 fully saturated rings. The molecule has 1 aliphatic heterocycles. The van der Waals surface area contributed by atoms with Gasteiger partial charge in [-0.15, -0.1) is 0 Å². The maximum Gasteiger partial charge on any atom is 0.211 e. The molecule has 2 heterocycles. The fourth-order valence-corrected chi connectivity index (χ4v) is 4.16. The van der Waals surface area contributed by atoms with Crippen LogP contribution >= 0.6 is 0 Å². The highest BCUT2D eigenvalue weighted by atomic mass is 32.2. The Labute approximate surface area is 146 Å². The van der Waals surface area contributed by atoms with E-state index in [1.165, 1.54) is 18.5 Å². The number of rotatable bonds is 8. The summed E-state index contributed by atoms with van der Waals surface area (Å²) in [6.07, 6.45) is 6.21. The molecule has 0 saturated carbocycles. The van der Waals surface area contributed by atoms with Crippen LogP contribution in [0.1, 0.15) is 31.5 Å². The van der Waals surface area contributed by atoms with Crippen LogP contribution in [0.5, 0.6) is 0 Å². The third kappa shape index (κ3) is 5.02. The summed E-state index contributed by atoms with van der Waals surface area (Å²) in [6.45, 7) is 4.89. The van der Waals surface area contributed by atoms with E-state index in [0.717, 1.165) is 19.6 Å². The van der Waals surface area contributed by atoms with Crippen molar-refractivity contribution < 1.29 is 8.42 Å². The van der Waals surface area contributed by atoms with Crippen LogP contribution in [-0.4, -0.2) is 73.8 Å². The number of likely N-dealkylation sites (tertiary alicyclic amines) is 1. The van der Waals surface area contributed by atoms with Gasteiger partial charge in [-0.1, -0.05) is 0 Å². The fraction of sp³-hybridized carbons (Fsp3) is 0.812. The van der Waals surface area contributed by atoms with Crippen molar-refractivity contribution in [2.75, 3.05) is 46.0 Å². The lowest BCUT2D eigenvalue weighted by molar-refractivity contribution is 0.0903. The first-order valence-corrected chi connectivity index (χ1v) is 10.3. The van der Waals surface area contributed by atoms with Crippen LogP contribution in [0, 0.1) is 5.92 Å². The van der Waals surface area contributed by atoms with E-state index in [4.69, 9.17) is 0 Å². The molecule has 0 unspecified atom stereocenters.